The summed E-state index contributed by atoms with van der Waals surface area (Å²) >= 11 is 5.07. The van der Waals surface area contributed by atoms with Crippen LogP contribution in [0.15, 0.2) is 53.0 Å². The van der Waals surface area contributed by atoms with Crippen molar-refractivity contribution >= 4 is 33.6 Å². The van der Waals surface area contributed by atoms with E-state index in [1.54, 1.807) is 11.8 Å². The molecule has 0 heterocycles. The lowest BCUT2D eigenvalue weighted by Gasteiger charge is -2.17. The summed E-state index contributed by atoms with van der Waals surface area (Å²) in [7, 11) is 0. The van der Waals surface area contributed by atoms with Crippen molar-refractivity contribution in [3.05, 3.63) is 69.7 Å². The molecule has 0 saturated heterocycles. The summed E-state index contributed by atoms with van der Waals surface area (Å²) in [5, 5.41) is 3.13. The van der Waals surface area contributed by atoms with Crippen molar-refractivity contribution in [1.29, 1.82) is 0 Å². The molecule has 0 spiro atoms. The monoisotopic (exact) mass is 391 g/mol. The number of carbonyl (C=O) groups excluding carboxylic acids is 1. The van der Waals surface area contributed by atoms with Crippen LogP contribution in [0.5, 0.6) is 0 Å². The fourth-order valence-corrected chi connectivity index (χ4v) is 3.36. The Balaban J connectivity index is 1.80. The Morgan fingerprint density at radius 3 is 2.39 bits per heavy atom. The molecule has 23 heavy (non-hydrogen) atoms. The predicted molar refractivity (Wildman–Crippen MR) is 103 cm³/mol. The highest BCUT2D eigenvalue weighted by Crippen LogP contribution is 2.19. The molecule has 1 amide bonds. The van der Waals surface area contributed by atoms with E-state index in [9.17, 15) is 4.79 Å². The maximum atomic E-state index is 12.2. The number of carbonyl (C=O) groups is 1. The zero-order valence-electron chi connectivity index (χ0n) is 13.5. The molecule has 0 unspecified atom stereocenters. The van der Waals surface area contributed by atoms with Gasteiger partial charge in [0.2, 0.25) is 5.91 Å². The second kappa shape index (κ2) is 9.14. The second-order valence-corrected chi connectivity index (χ2v) is 7.46. The Morgan fingerprint density at radius 1 is 1.13 bits per heavy atom. The minimum Gasteiger partial charge on any atom is -0.349 e. The van der Waals surface area contributed by atoms with E-state index < -0.39 is 0 Å². The van der Waals surface area contributed by atoms with Gasteiger partial charge in [0.05, 0.1) is 11.8 Å². The maximum absolute atomic E-state index is 12.2. The summed E-state index contributed by atoms with van der Waals surface area (Å²) in [5.74, 6) is 1.43. The van der Waals surface area contributed by atoms with E-state index in [4.69, 9.17) is 0 Å². The number of rotatable bonds is 7. The molecule has 0 aromatic heterocycles. The highest BCUT2D eigenvalue weighted by Gasteiger charge is 2.12. The minimum atomic E-state index is 0.0939. The summed E-state index contributed by atoms with van der Waals surface area (Å²) < 4.78 is 1.08. The van der Waals surface area contributed by atoms with Crippen molar-refractivity contribution in [2.24, 2.45) is 0 Å². The first kappa shape index (κ1) is 18.1. The molecule has 122 valence electrons. The van der Waals surface area contributed by atoms with Gasteiger partial charge in [-0.3, -0.25) is 4.79 Å². The normalized spacial score (nSPS) is 12.0. The minimum absolute atomic E-state index is 0.0939. The first-order valence-corrected chi connectivity index (χ1v) is 9.71. The van der Waals surface area contributed by atoms with E-state index in [0.29, 0.717) is 5.75 Å². The molecule has 0 radical (unpaired) electrons. The average Bonchev–Trinajstić information content (AvgIpc) is 2.55. The lowest BCUT2D eigenvalue weighted by molar-refractivity contribution is -0.119. The van der Waals surface area contributed by atoms with Crippen molar-refractivity contribution < 1.29 is 4.79 Å². The molecule has 2 nitrogen and oxygen atoms in total. The summed E-state index contributed by atoms with van der Waals surface area (Å²) in [6.07, 6.45) is 0.895. The summed E-state index contributed by atoms with van der Waals surface area (Å²) in [6.45, 7) is 4.17. The Bertz CT molecular complexity index is 625. The summed E-state index contributed by atoms with van der Waals surface area (Å²) in [6, 6.07) is 16.7. The number of nitrogens with one attached hydrogen (secondary N) is 1. The molecule has 0 saturated carbocycles. The van der Waals surface area contributed by atoms with Crippen LogP contribution in [0.2, 0.25) is 0 Å². The van der Waals surface area contributed by atoms with Crippen molar-refractivity contribution in [2.45, 2.75) is 32.1 Å². The number of amides is 1. The highest BCUT2D eigenvalue weighted by molar-refractivity contribution is 9.10. The maximum Gasteiger partial charge on any atom is 0.230 e. The number of halogens is 1. The van der Waals surface area contributed by atoms with Crippen molar-refractivity contribution in [3.8, 4) is 0 Å². The van der Waals surface area contributed by atoms with Crippen LogP contribution >= 0.6 is 27.7 Å². The Hall–Kier alpha value is -1.26. The van der Waals surface area contributed by atoms with Gasteiger partial charge in [0.25, 0.3) is 0 Å². The van der Waals surface area contributed by atoms with Crippen LogP contribution in [0.25, 0.3) is 0 Å². The van der Waals surface area contributed by atoms with Gasteiger partial charge >= 0.3 is 0 Å². The lowest BCUT2D eigenvalue weighted by Crippen LogP contribution is -2.29. The molecule has 2 aromatic rings. The van der Waals surface area contributed by atoms with Crippen LogP contribution in [-0.4, -0.2) is 11.7 Å². The van der Waals surface area contributed by atoms with E-state index in [1.807, 2.05) is 12.1 Å². The number of hydrogen-bond acceptors (Lipinski definition) is 2. The zero-order valence-corrected chi connectivity index (χ0v) is 15.9. The van der Waals surface area contributed by atoms with Crippen LogP contribution in [0, 0.1) is 6.92 Å². The summed E-state index contributed by atoms with van der Waals surface area (Å²) in [4.78, 5) is 12.2. The molecule has 2 aromatic carbocycles. The van der Waals surface area contributed by atoms with Crippen molar-refractivity contribution in [3.63, 3.8) is 0 Å². The zero-order chi connectivity index (χ0) is 16.7. The van der Waals surface area contributed by atoms with Crippen LogP contribution in [-0.2, 0) is 10.5 Å². The number of hydrogen-bond donors (Lipinski definition) is 1. The van der Waals surface area contributed by atoms with Crippen molar-refractivity contribution in [1.82, 2.24) is 5.32 Å². The molecule has 0 fully saturated rings. The van der Waals surface area contributed by atoms with Gasteiger partial charge < -0.3 is 5.32 Å². The highest BCUT2D eigenvalue weighted by atomic mass is 79.9. The molecule has 1 N–H and O–H groups in total. The summed E-state index contributed by atoms with van der Waals surface area (Å²) in [5.41, 5.74) is 3.64. The van der Waals surface area contributed by atoms with Gasteiger partial charge in [-0.2, -0.15) is 0 Å². The van der Waals surface area contributed by atoms with Crippen LogP contribution in [0.1, 0.15) is 36.1 Å². The first-order chi connectivity index (χ1) is 11.1. The molecule has 0 bridgehead atoms. The molecule has 0 aliphatic heterocycles. The Morgan fingerprint density at radius 2 is 1.78 bits per heavy atom. The quantitative estimate of drug-likeness (QED) is 0.697. The van der Waals surface area contributed by atoms with E-state index in [0.717, 1.165) is 16.6 Å². The van der Waals surface area contributed by atoms with Gasteiger partial charge in [-0.15, -0.1) is 11.8 Å². The van der Waals surface area contributed by atoms with Gasteiger partial charge in [-0.05, 0) is 36.6 Å². The molecule has 0 aliphatic rings. The van der Waals surface area contributed by atoms with Gasteiger partial charge in [-0.1, -0.05) is 64.8 Å². The van der Waals surface area contributed by atoms with Gasteiger partial charge in [-0.25, -0.2) is 0 Å². The van der Waals surface area contributed by atoms with E-state index in [-0.39, 0.29) is 11.9 Å². The SMILES string of the molecule is CC[C@@H](NC(=O)CSCc1ccc(Br)cc1)c1ccc(C)cc1. The number of benzene rings is 2. The molecular weight excluding hydrogens is 370 g/mol. The van der Waals surface area contributed by atoms with Gasteiger partial charge in [0, 0.05) is 10.2 Å². The van der Waals surface area contributed by atoms with Crippen LogP contribution in [0.4, 0.5) is 0 Å². The average molecular weight is 392 g/mol. The third kappa shape index (κ3) is 6.04. The second-order valence-electron chi connectivity index (χ2n) is 5.56. The van der Waals surface area contributed by atoms with Gasteiger partial charge in [0.15, 0.2) is 0 Å². The topological polar surface area (TPSA) is 29.1 Å². The molecule has 2 rings (SSSR count). The van der Waals surface area contributed by atoms with E-state index >= 15 is 0 Å². The fourth-order valence-electron chi connectivity index (χ4n) is 2.30. The van der Waals surface area contributed by atoms with Crippen molar-refractivity contribution in [2.75, 3.05) is 5.75 Å². The number of thioether (sulfide) groups is 1. The molecule has 0 aliphatic carbocycles. The standard InChI is InChI=1S/C19H22BrNOS/c1-3-18(16-8-4-14(2)5-9-16)21-19(22)13-23-12-15-6-10-17(20)11-7-15/h4-11,18H,3,12-13H2,1-2H3,(H,21,22)/t18-/m1/s1. The Labute approximate surface area is 151 Å². The Kier molecular flexibility index (Phi) is 7.18. The third-order valence-electron chi connectivity index (χ3n) is 3.64. The first-order valence-electron chi connectivity index (χ1n) is 7.76. The van der Waals surface area contributed by atoms with E-state index in [1.165, 1.54) is 16.7 Å². The smallest absolute Gasteiger partial charge is 0.230 e. The largest absolute Gasteiger partial charge is 0.349 e. The lowest BCUT2D eigenvalue weighted by atomic mass is 10.0. The van der Waals surface area contributed by atoms with Crippen LogP contribution in [0.3, 0.4) is 0 Å². The predicted octanol–water partition coefficient (Wildman–Crippen LogP) is 5.26. The third-order valence-corrected chi connectivity index (χ3v) is 5.17. The van der Waals surface area contributed by atoms with Crippen LogP contribution < -0.4 is 5.32 Å². The molecule has 1 atom stereocenters. The number of aryl methyl sites for hydroxylation is 1. The molecular formula is C19H22BrNOS. The fraction of sp³-hybridized carbons (Fsp3) is 0.316. The van der Waals surface area contributed by atoms with E-state index in [2.05, 4.69) is 71.5 Å². The van der Waals surface area contributed by atoms with Gasteiger partial charge in [0.1, 0.15) is 0 Å². The molecule has 4 heteroatoms.